The molecule has 0 aliphatic heterocycles. The molecule has 1 atom stereocenters. The number of amides is 2. The van der Waals surface area contributed by atoms with Crippen molar-refractivity contribution in [3.63, 3.8) is 0 Å². The number of carbonyl (C=O) groups excluding carboxylic acids is 2. The second-order valence-corrected chi connectivity index (χ2v) is 7.06. The molecule has 0 heterocycles. The van der Waals surface area contributed by atoms with E-state index in [0.717, 1.165) is 0 Å². The van der Waals surface area contributed by atoms with Gasteiger partial charge in [-0.15, -0.1) is 0 Å². The molecule has 2 aromatic carbocycles. The molecule has 31 heavy (non-hydrogen) atoms. The molecular weight excluding hydrogens is 403 g/mol. The SMILES string of the molecule is COc1ccc(CC(=O)N(Cc2ccc(F)cc2)[C@H](C)C(=O)NCCCO)cc1OC. The maximum Gasteiger partial charge on any atom is 0.242 e. The van der Waals surface area contributed by atoms with E-state index in [1.54, 1.807) is 37.3 Å². The number of nitrogens with one attached hydrogen (secondary N) is 1. The minimum Gasteiger partial charge on any atom is -0.493 e. The number of rotatable bonds is 11. The van der Waals surface area contributed by atoms with Crippen molar-refractivity contribution >= 4 is 11.8 Å². The Kier molecular flexibility index (Phi) is 9.27. The smallest absolute Gasteiger partial charge is 0.242 e. The van der Waals surface area contributed by atoms with Crippen LogP contribution < -0.4 is 14.8 Å². The first kappa shape index (κ1) is 24.1. The van der Waals surface area contributed by atoms with Gasteiger partial charge in [-0.2, -0.15) is 0 Å². The summed E-state index contributed by atoms with van der Waals surface area (Å²) in [6.07, 6.45) is 0.478. The van der Waals surface area contributed by atoms with Gasteiger partial charge in [0.25, 0.3) is 0 Å². The molecule has 0 saturated carbocycles. The monoisotopic (exact) mass is 432 g/mol. The van der Waals surface area contributed by atoms with E-state index in [1.807, 2.05) is 0 Å². The fraction of sp³-hybridized carbons (Fsp3) is 0.391. The number of aliphatic hydroxyl groups excluding tert-OH is 1. The highest BCUT2D eigenvalue weighted by atomic mass is 19.1. The number of methoxy groups -OCH3 is 2. The van der Waals surface area contributed by atoms with E-state index >= 15 is 0 Å². The summed E-state index contributed by atoms with van der Waals surface area (Å²) in [6.45, 7) is 2.07. The number of nitrogens with zero attached hydrogens (tertiary/aromatic N) is 1. The second-order valence-electron chi connectivity index (χ2n) is 7.06. The van der Waals surface area contributed by atoms with Crippen LogP contribution in [0.3, 0.4) is 0 Å². The van der Waals surface area contributed by atoms with E-state index in [0.29, 0.717) is 35.6 Å². The maximum atomic E-state index is 13.3. The summed E-state index contributed by atoms with van der Waals surface area (Å²) in [7, 11) is 3.05. The van der Waals surface area contributed by atoms with Gasteiger partial charge in [-0.05, 0) is 48.7 Å². The zero-order valence-corrected chi connectivity index (χ0v) is 18.1. The van der Waals surface area contributed by atoms with Crippen LogP contribution in [0.25, 0.3) is 0 Å². The Balaban J connectivity index is 2.22. The van der Waals surface area contributed by atoms with Crippen LogP contribution in [-0.4, -0.2) is 55.2 Å². The fourth-order valence-electron chi connectivity index (χ4n) is 3.07. The van der Waals surface area contributed by atoms with Crippen LogP contribution in [0, 0.1) is 5.82 Å². The van der Waals surface area contributed by atoms with Crippen molar-refractivity contribution in [2.75, 3.05) is 27.4 Å². The topological polar surface area (TPSA) is 88.1 Å². The van der Waals surface area contributed by atoms with Gasteiger partial charge >= 0.3 is 0 Å². The number of ether oxygens (including phenoxy) is 2. The summed E-state index contributed by atoms with van der Waals surface area (Å²) in [5.74, 6) is 0.102. The minimum absolute atomic E-state index is 0.0355. The maximum absolute atomic E-state index is 13.3. The van der Waals surface area contributed by atoms with Crippen molar-refractivity contribution in [1.29, 1.82) is 0 Å². The zero-order chi connectivity index (χ0) is 22.8. The van der Waals surface area contributed by atoms with Crippen LogP contribution in [0.15, 0.2) is 42.5 Å². The predicted octanol–water partition coefficient (Wildman–Crippen LogP) is 2.30. The normalized spacial score (nSPS) is 11.5. The summed E-state index contributed by atoms with van der Waals surface area (Å²) in [6, 6.07) is 10.3. The van der Waals surface area contributed by atoms with Crippen molar-refractivity contribution in [1.82, 2.24) is 10.2 Å². The van der Waals surface area contributed by atoms with Gasteiger partial charge in [-0.25, -0.2) is 4.39 Å². The van der Waals surface area contributed by atoms with Gasteiger partial charge in [-0.1, -0.05) is 18.2 Å². The van der Waals surface area contributed by atoms with Crippen LogP contribution in [-0.2, 0) is 22.6 Å². The Morgan fingerprint density at radius 1 is 1.06 bits per heavy atom. The van der Waals surface area contributed by atoms with E-state index in [-0.39, 0.29) is 37.2 Å². The van der Waals surface area contributed by atoms with Crippen molar-refractivity contribution < 1.29 is 28.6 Å². The Bertz CT molecular complexity index is 873. The first-order chi connectivity index (χ1) is 14.9. The molecule has 2 rings (SSSR count). The summed E-state index contributed by atoms with van der Waals surface area (Å²) < 4.78 is 23.8. The van der Waals surface area contributed by atoms with Crippen LogP contribution >= 0.6 is 0 Å². The van der Waals surface area contributed by atoms with Crippen LogP contribution in [0.2, 0.25) is 0 Å². The van der Waals surface area contributed by atoms with E-state index in [2.05, 4.69) is 5.32 Å². The molecule has 0 spiro atoms. The highest BCUT2D eigenvalue weighted by Gasteiger charge is 2.26. The number of hydrogen-bond donors (Lipinski definition) is 2. The molecule has 168 valence electrons. The summed E-state index contributed by atoms with van der Waals surface area (Å²) in [5, 5.41) is 11.6. The van der Waals surface area contributed by atoms with E-state index in [9.17, 15) is 14.0 Å². The molecule has 0 unspecified atom stereocenters. The summed E-state index contributed by atoms with van der Waals surface area (Å²) in [5.41, 5.74) is 1.41. The summed E-state index contributed by atoms with van der Waals surface area (Å²) in [4.78, 5) is 27.2. The van der Waals surface area contributed by atoms with Crippen LogP contribution in [0.4, 0.5) is 4.39 Å². The minimum atomic E-state index is -0.753. The summed E-state index contributed by atoms with van der Waals surface area (Å²) >= 11 is 0. The third-order valence-electron chi connectivity index (χ3n) is 4.87. The molecule has 2 amide bonds. The lowest BCUT2D eigenvalue weighted by atomic mass is 10.1. The van der Waals surface area contributed by atoms with Gasteiger partial charge in [0.05, 0.1) is 20.6 Å². The average Bonchev–Trinajstić information content (AvgIpc) is 2.78. The molecule has 0 aliphatic rings. The van der Waals surface area contributed by atoms with Crippen LogP contribution in [0.5, 0.6) is 11.5 Å². The lowest BCUT2D eigenvalue weighted by Crippen LogP contribution is -2.48. The van der Waals surface area contributed by atoms with Crippen molar-refractivity contribution in [2.24, 2.45) is 0 Å². The lowest BCUT2D eigenvalue weighted by molar-refractivity contribution is -0.140. The zero-order valence-electron chi connectivity index (χ0n) is 18.1. The van der Waals surface area contributed by atoms with E-state index < -0.39 is 6.04 Å². The highest BCUT2D eigenvalue weighted by molar-refractivity contribution is 5.88. The molecular formula is C23H29FN2O5. The third-order valence-corrected chi connectivity index (χ3v) is 4.87. The van der Waals surface area contributed by atoms with Crippen molar-refractivity contribution in [3.8, 4) is 11.5 Å². The predicted molar refractivity (Wildman–Crippen MR) is 114 cm³/mol. The van der Waals surface area contributed by atoms with Gasteiger partial charge in [-0.3, -0.25) is 9.59 Å². The largest absolute Gasteiger partial charge is 0.493 e. The second kappa shape index (κ2) is 11.9. The molecule has 0 saturated heterocycles. The van der Waals surface area contributed by atoms with Gasteiger partial charge in [0.1, 0.15) is 11.9 Å². The molecule has 0 fully saturated rings. The number of carbonyl (C=O) groups is 2. The molecule has 8 heteroatoms. The first-order valence-corrected chi connectivity index (χ1v) is 10.0. The fourth-order valence-corrected chi connectivity index (χ4v) is 3.07. The molecule has 0 radical (unpaired) electrons. The van der Waals surface area contributed by atoms with E-state index in [1.165, 1.54) is 31.3 Å². The number of halogens is 1. The lowest BCUT2D eigenvalue weighted by Gasteiger charge is -2.29. The molecule has 0 bridgehead atoms. The third kappa shape index (κ3) is 6.96. The Hall–Kier alpha value is -3.13. The molecule has 7 nitrogen and oxygen atoms in total. The first-order valence-electron chi connectivity index (χ1n) is 10.0. The highest BCUT2D eigenvalue weighted by Crippen LogP contribution is 2.28. The van der Waals surface area contributed by atoms with E-state index in [4.69, 9.17) is 14.6 Å². The Labute approximate surface area is 181 Å². The number of hydrogen-bond acceptors (Lipinski definition) is 5. The van der Waals surface area contributed by atoms with Crippen molar-refractivity contribution in [2.45, 2.75) is 32.4 Å². The quantitative estimate of drug-likeness (QED) is 0.532. The van der Waals surface area contributed by atoms with Gasteiger partial charge in [0, 0.05) is 19.7 Å². The van der Waals surface area contributed by atoms with Crippen molar-refractivity contribution in [3.05, 3.63) is 59.4 Å². The van der Waals surface area contributed by atoms with Crippen LogP contribution in [0.1, 0.15) is 24.5 Å². The van der Waals surface area contributed by atoms with Gasteiger partial charge in [0.2, 0.25) is 11.8 Å². The molecule has 0 aliphatic carbocycles. The Morgan fingerprint density at radius 2 is 1.71 bits per heavy atom. The standard InChI is InChI=1S/C23H29FN2O5/c1-16(23(29)25-11-4-12-27)26(15-17-5-8-19(24)9-6-17)22(28)14-18-7-10-20(30-2)21(13-18)31-3/h5-10,13,16,27H,4,11-12,14-15H2,1-3H3,(H,25,29)/t16-/m1/s1. The molecule has 2 aromatic rings. The number of benzene rings is 2. The Morgan fingerprint density at radius 3 is 2.32 bits per heavy atom. The van der Waals surface area contributed by atoms with Gasteiger partial charge < -0.3 is 24.8 Å². The van der Waals surface area contributed by atoms with Gasteiger partial charge in [0.15, 0.2) is 11.5 Å². The number of aliphatic hydroxyl groups is 1. The molecule has 2 N–H and O–H groups in total. The average molecular weight is 432 g/mol. The molecule has 0 aromatic heterocycles.